The van der Waals surface area contributed by atoms with Gasteiger partial charge in [0.2, 0.25) is 0 Å². The van der Waals surface area contributed by atoms with Crippen molar-refractivity contribution in [1.82, 2.24) is 14.5 Å². The zero-order valence-electron chi connectivity index (χ0n) is 9.24. The van der Waals surface area contributed by atoms with Crippen LogP contribution in [0.1, 0.15) is 5.82 Å². The first-order chi connectivity index (χ1) is 7.63. The quantitative estimate of drug-likeness (QED) is 0.689. The zero-order valence-corrected chi connectivity index (χ0v) is 10.00. The lowest BCUT2D eigenvalue weighted by Gasteiger charge is -2.20. The van der Waals surface area contributed by atoms with E-state index in [2.05, 4.69) is 4.98 Å². The summed E-state index contributed by atoms with van der Waals surface area (Å²) in [6.07, 6.45) is 1.89. The molecule has 16 heavy (non-hydrogen) atoms. The van der Waals surface area contributed by atoms with Crippen LogP contribution in [0.2, 0.25) is 0 Å². The van der Waals surface area contributed by atoms with Crippen LogP contribution in [0, 0.1) is 0 Å². The van der Waals surface area contributed by atoms with Crippen molar-refractivity contribution in [3.8, 4) is 0 Å². The van der Waals surface area contributed by atoms with E-state index >= 15 is 0 Å². The fourth-order valence-corrected chi connectivity index (χ4v) is 1.74. The molecule has 0 fully saturated rings. The molecule has 0 aliphatic rings. The summed E-state index contributed by atoms with van der Waals surface area (Å²) in [6.45, 7) is 0.815. The van der Waals surface area contributed by atoms with Crippen LogP contribution in [0.15, 0.2) is 12.4 Å². The molecule has 1 aromatic heterocycles. The van der Waals surface area contributed by atoms with Crippen molar-refractivity contribution in [2.24, 2.45) is 7.05 Å². The van der Waals surface area contributed by atoms with Gasteiger partial charge in [0.1, 0.15) is 5.82 Å². The Bertz CT molecular complexity index is 304. The summed E-state index contributed by atoms with van der Waals surface area (Å²) in [6, 6.07) is 0. The smallest absolute Gasteiger partial charge is 0.251 e. The Balaban J connectivity index is 2.40. The third kappa shape index (κ3) is 4.45. The Labute approximate surface area is 99.0 Å². The number of aryl methyl sites for hydroxylation is 1. The van der Waals surface area contributed by atoms with E-state index in [1.54, 1.807) is 11.1 Å². The molecule has 1 heterocycles. The molecule has 0 unspecified atom stereocenters. The van der Waals surface area contributed by atoms with Crippen LogP contribution in [0.4, 0.5) is 8.78 Å². The molecule has 0 saturated carbocycles. The van der Waals surface area contributed by atoms with Gasteiger partial charge in [-0.15, -0.1) is 11.6 Å². The topological polar surface area (TPSA) is 21.1 Å². The molecule has 0 aromatic carbocycles. The van der Waals surface area contributed by atoms with E-state index < -0.39 is 6.43 Å². The number of rotatable bonds is 7. The predicted octanol–water partition coefficient (Wildman–Crippen LogP) is 1.77. The standard InChI is InChI=1S/C10H16ClF2N3/c1-15-7-4-14-10(15)2-5-16(6-3-11)8-9(12)13/h4,7,9H,2-3,5-6,8H2,1H3. The van der Waals surface area contributed by atoms with Crippen molar-refractivity contribution in [3.63, 3.8) is 0 Å². The monoisotopic (exact) mass is 251 g/mol. The van der Waals surface area contributed by atoms with E-state index in [4.69, 9.17) is 11.6 Å². The van der Waals surface area contributed by atoms with Gasteiger partial charge in [0.25, 0.3) is 6.43 Å². The summed E-state index contributed by atoms with van der Waals surface area (Å²) >= 11 is 5.56. The maximum absolute atomic E-state index is 12.2. The van der Waals surface area contributed by atoms with Crippen LogP contribution in [0.25, 0.3) is 0 Å². The van der Waals surface area contributed by atoms with E-state index in [0.29, 0.717) is 25.4 Å². The Hall–Kier alpha value is -0.680. The van der Waals surface area contributed by atoms with Gasteiger partial charge >= 0.3 is 0 Å². The summed E-state index contributed by atoms with van der Waals surface area (Å²) in [5, 5.41) is 0. The number of halogens is 3. The molecule has 0 aliphatic carbocycles. The van der Waals surface area contributed by atoms with Gasteiger partial charge in [-0.3, -0.25) is 4.90 Å². The predicted molar refractivity (Wildman–Crippen MR) is 60.1 cm³/mol. The molecule has 0 N–H and O–H groups in total. The summed E-state index contributed by atoms with van der Waals surface area (Å²) in [4.78, 5) is 5.80. The molecular weight excluding hydrogens is 236 g/mol. The molecule has 0 radical (unpaired) electrons. The number of imidazole rings is 1. The SMILES string of the molecule is Cn1ccnc1CCN(CCCl)CC(F)F. The van der Waals surface area contributed by atoms with Crippen LogP contribution in [-0.4, -0.2) is 46.4 Å². The van der Waals surface area contributed by atoms with Crippen molar-refractivity contribution >= 4 is 11.6 Å². The first kappa shape index (κ1) is 13.4. The van der Waals surface area contributed by atoms with Crippen molar-refractivity contribution in [1.29, 1.82) is 0 Å². The lowest BCUT2D eigenvalue weighted by molar-refractivity contribution is 0.0914. The molecule has 1 aromatic rings. The summed E-state index contributed by atoms with van der Waals surface area (Å²) < 4.78 is 26.4. The minimum atomic E-state index is -2.32. The highest BCUT2D eigenvalue weighted by Gasteiger charge is 2.12. The van der Waals surface area contributed by atoms with Crippen LogP contribution in [-0.2, 0) is 13.5 Å². The zero-order chi connectivity index (χ0) is 12.0. The van der Waals surface area contributed by atoms with E-state index in [1.165, 1.54) is 0 Å². The Morgan fingerprint density at radius 3 is 2.75 bits per heavy atom. The number of hydrogen-bond donors (Lipinski definition) is 0. The van der Waals surface area contributed by atoms with Gasteiger partial charge in [-0.1, -0.05) is 0 Å². The average molecular weight is 252 g/mol. The maximum Gasteiger partial charge on any atom is 0.251 e. The van der Waals surface area contributed by atoms with Crippen molar-refractivity contribution < 1.29 is 8.78 Å². The van der Waals surface area contributed by atoms with Crippen molar-refractivity contribution in [3.05, 3.63) is 18.2 Å². The number of hydrogen-bond acceptors (Lipinski definition) is 2. The second-order valence-electron chi connectivity index (χ2n) is 3.59. The second-order valence-corrected chi connectivity index (χ2v) is 3.96. The van der Waals surface area contributed by atoms with Crippen LogP contribution < -0.4 is 0 Å². The number of alkyl halides is 3. The number of aromatic nitrogens is 2. The Morgan fingerprint density at radius 1 is 1.50 bits per heavy atom. The third-order valence-corrected chi connectivity index (χ3v) is 2.54. The van der Waals surface area contributed by atoms with Crippen LogP contribution in [0.3, 0.4) is 0 Å². The van der Waals surface area contributed by atoms with Crippen LogP contribution in [0.5, 0.6) is 0 Å². The second kappa shape index (κ2) is 6.81. The fraction of sp³-hybridized carbons (Fsp3) is 0.700. The van der Waals surface area contributed by atoms with Crippen molar-refractivity contribution in [2.45, 2.75) is 12.8 Å². The minimum Gasteiger partial charge on any atom is -0.338 e. The average Bonchev–Trinajstić information content (AvgIpc) is 2.60. The molecule has 0 amide bonds. The normalized spacial score (nSPS) is 11.6. The molecule has 1 rings (SSSR count). The van der Waals surface area contributed by atoms with Crippen LogP contribution >= 0.6 is 11.6 Å². The third-order valence-electron chi connectivity index (χ3n) is 2.37. The molecule has 0 saturated heterocycles. The molecule has 0 aliphatic heterocycles. The van der Waals surface area contributed by atoms with E-state index in [1.807, 2.05) is 17.8 Å². The first-order valence-corrected chi connectivity index (χ1v) is 5.69. The van der Waals surface area contributed by atoms with Gasteiger partial charge in [0.15, 0.2) is 0 Å². The van der Waals surface area contributed by atoms with E-state index in [-0.39, 0.29) is 6.54 Å². The molecule has 0 spiro atoms. The van der Waals surface area contributed by atoms with E-state index in [0.717, 1.165) is 5.82 Å². The van der Waals surface area contributed by atoms with Gasteiger partial charge < -0.3 is 4.57 Å². The highest BCUT2D eigenvalue weighted by atomic mass is 35.5. The summed E-state index contributed by atoms with van der Waals surface area (Å²) in [5.41, 5.74) is 0. The van der Waals surface area contributed by atoms with Crippen molar-refractivity contribution in [2.75, 3.05) is 25.5 Å². The first-order valence-electron chi connectivity index (χ1n) is 5.16. The molecular formula is C10H16ClF2N3. The highest BCUT2D eigenvalue weighted by Crippen LogP contribution is 2.02. The molecule has 3 nitrogen and oxygen atoms in total. The lowest BCUT2D eigenvalue weighted by Crippen LogP contribution is -2.33. The summed E-state index contributed by atoms with van der Waals surface area (Å²) in [5.74, 6) is 1.27. The minimum absolute atomic E-state index is 0.225. The number of nitrogens with zero attached hydrogens (tertiary/aromatic N) is 3. The molecule has 6 heteroatoms. The van der Waals surface area contributed by atoms with E-state index in [9.17, 15) is 8.78 Å². The van der Waals surface area contributed by atoms with Gasteiger partial charge in [-0.25, -0.2) is 13.8 Å². The van der Waals surface area contributed by atoms with Gasteiger partial charge in [-0.05, 0) is 0 Å². The highest BCUT2D eigenvalue weighted by molar-refractivity contribution is 6.18. The van der Waals surface area contributed by atoms with Gasteiger partial charge in [-0.2, -0.15) is 0 Å². The van der Waals surface area contributed by atoms with Gasteiger partial charge in [0, 0.05) is 44.8 Å². The lowest BCUT2D eigenvalue weighted by atomic mass is 10.3. The maximum atomic E-state index is 12.2. The summed E-state index contributed by atoms with van der Waals surface area (Å²) in [7, 11) is 1.89. The van der Waals surface area contributed by atoms with Gasteiger partial charge in [0.05, 0.1) is 6.54 Å². The fourth-order valence-electron chi connectivity index (χ4n) is 1.50. The molecule has 0 bridgehead atoms. The largest absolute Gasteiger partial charge is 0.338 e. The molecule has 0 atom stereocenters. The Morgan fingerprint density at radius 2 is 2.25 bits per heavy atom. The molecule has 92 valence electrons. The Kier molecular flexibility index (Phi) is 5.69.